The van der Waals surface area contributed by atoms with Crippen molar-refractivity contribution in [3.05, 3.63) is 52.0 Å². The van der Waals surface area contributed by atoms with Crippen LogP contribution in [-0.4, -0.2) is 11.1 Å². The molecule has 0 amide bonds. The summed E-state index contributed by atoms with van der Waals surface area (Å²) < 4.78 is 5.52. The van der Waals surface area contributed by atoms with Gasteiger partial charge in [0, 0.05) is 10.0 Å². The molecule has 0 aromatic heterocycles. The van der Waals surface area contributed by atoms with E-state index in [2.05, 4.69) is 0 Å². The molecule has 2 rings (SSSR count). The second-order valence-corrected chi connectivity index (χ2v) is 4.64. The van der Waals surface area contributed by atoms with Gasteiger partial charge in [0.2, 0.25) is 0 Å². The Balaban J connectivity index is 2.30. The van der Waals surface area contributed by atoms with Gasteiger partial charge in [-0.2, -0.15) is 0 Å². The Morgan fingerprint density at radius 3 is 2.26 bits per heavy atom. The Morgan fingerprint density at radius 2 is 1.74 bits per heavy atom. The van der Waals surface area contributed by atoms with Gasteiger partial charge in [0.05, 0.1) is 11.3 Å². The zero-order valence-electron chi connectivity index (χ0n) is 9.56. The smallest absolute Gasteiger partial charge is 0.335 e. The molecule has 0 bridgehead atoms. The highest BCUT2D eigenvalue weighted by Gasteiger charge is 2.08. The first-order chi connectivity index (χ1) is 8.95. The quantitative estimate of drug-likeness (QED) is 0.838. The number of rotatable bonds is 3. The normalized spacial score (nSPS) is 10.2. The lowest BCUT2D eigenvalue weighted by molar-refractivity contribution is 0.0697. The van der Waals surface area contributed by atoms with E-state index >= 15 is 0 Å². The van der Waals surface area contributed by atoms with Crippen molar-refractivity contribution < 1.29 is 14.6 Å². The summed E-state index contributed by atoms with van der Waals surface area (Å²) in [7, 11) is 0. The van der Waals surface area contributed by atoms with Gasteiger partial charge in [0.1, 0.15) is 11.5 Å². The zero-order valence-corrected chi connectivity index (χ0v) is 11.1. The summed E-state index contributed by atoms with van der Waals surface area (Å²) in [6.45, 7) is 0. The Kier molecular flexibility index (Phi) is 3.83. The minimum atomic E-state index is -1.05. The molecule has 98 valence electrons. The molecule has 0 saturated heterocycles. The molecule has 0 aliphatic rings. The number of hydrogen-bond acceptors (Lipinski definition) is 3. The van der Waals surface area contributed by atoms with Crippen LogP contribution in [0, 0.1) is 0 Å². The van der Waals surface area contributed by atoms with Gasteiger partial charge in [-0.1, -0.05) is 23.2 Å². The number of carboxylic acid groups (broad SMARTS) is 1. The van der Waals surface area contributed by atoms with Crippen LogP contribution in [0.15, 0.2) is 36.4 Å². The van der Waals surface area contributed by atoms with Crippen molar-refractivity contribution in [3.8, 4) is 11.5 Å². The summed E-state index contributed by atoms with van der Waals surface area (Å²) in [6, 6.07) is 8.94. The van der Waals surface area contributed by atoms with Crippen LogP contribution in [0.3, 0.4) is 0 Å². The lowest BCUT2D eigenvalue weighted by Crippen LogP contribution is -1.99. The number of carboxylic acids is 1. The van der Waals surface area contributed by atoms with Crippen LogP contribution in [0.4, 0.5) is 5.69 Å². The number of halogens is 2. The van der Waals surface area contributed by atoms with Crippen LogP contribution >= 0.6 is 23.2 Å². The average molecular weight is 298 g/mol. The Bertz CT molecular complexity index is 624. The molecular formula is C13H9Cl2NO3. The number of nitrogen functional groups attached to an aromatic ring is 1. The molecule has 0 aliphatic carbocycles. The third-order valence-electron chi connectivity index (χ3n) is 2.32. The largest absolute Gasteiger partial charge is 0.478 e. The monoisotopic (exact) mass is 297 g/mol. The lowest BCUT2D eigenvalue weighted by atomic mass is 10.2. The van der Waals surface area contributed by atoms with Crippen molar-refractivity contribution in [1.82, 2.24) is 0 Å². The number of benzene rings is 2. The molecule has 0 unspecified atom stereocenters. The van der Waals surface area contributed by atoms with E-state index in [-0.39, 0.29) is 11.3 Å². The fourth-order valence-electron chi connectivity index (χ4n) is 1.49. The Morgan fingerprint density at radius 1 is 1.11 bits per heavy atom. The minimum Gasteiger partial charge on any atom is -0.478 e. The van der Waals surface area contributed by atoms with E-state index in [0.717, 1.165) is 0 Å². The van der Waals surface area contributed by atoms with E-state index in [1.54, 1.807) is 18.2 Å². The summed E-state index contributed by atoms with van der Waals surface area (Å²) >= 11 is 11.7. The molecule has 6 heteroatoms. The van der Waals surface area contributed by atoms with Gasteiger partial charge in [0.15, 0.2) is 0 Å². The van der Waals surface area contributed by atoms with E-state index < -0.39 is 5.97 Å². The van der Waals surface area contributed by atoms with Crippen LogP contribution in [0.2, 0.25) is 10.0 Å². The van der Waals surface area contributed by atoms with Gasteiger partial charge in [0.25, 0.3) is 0 Å². The summed E-state index contributed by atoms with van der Waals surface area (Å²) in [5.74, 6) is -0.292. The first kappa shape index (κ1) is 13.5. The molecule has 2 aromatic rings. The molecule has 0 fully saturated rings. The second kappa shape index (κ2) is 5.38. The summed E-state index contributed by atoms with van der Waals surface area (Å²) in [5.41, 5.74) is 6.04. The van der Waals surface area contributed by atoms with E-state index in [9.17, 15) is 4.79 Å². The number of nitrogens with two attached hydrogens (primary N) is 1. The topological polar surface area (TPSA) is 72.6 Å². The maximum atomic E-state index is 10.8. The molecule has 0 heterocycles. The van der Waals surface area contributed by atoms with Gasteiger partial charge < -0.3 is 15.6 Å². The predicted octanol–water partition coefficient (Wildman–Crippen LogP) is 4.07. The Labute approximate surface area is 119 Å². The van der Waals surface area contributed by atoms with E-state index in [0.29, 0.717) is 21.5 Å². The van der Waals surface area contributed by atoms with E-state index in [1.165, 1.54) is 18.2 Å². The van der Waals surface area contributed by atoms with Crippen LogP contribution in [0.5, 0.6) is 11.5 Å². The molecule has 3 N–H and O–H groups in total. The van der Waals surface area contributed by atoms with Gasteiger partial charge in [-0.15, -0.1) is 0 Å². The minimum absolute atomic E-state index is 0.0916. The fraction of sp³-hybridized carbons (Fsp3) is 0. The maximum Gasteiger partial charge on any atom is 0.335 e. The van der Waals surface area contributed by atoms with Crippen LogP contribution in [0.25, 0.3) is 0 Å². The highest BCUT2D eigenvalue weighted by atomic mass is 35.5. The SMILES string of the molecule is Nc1cc(C(=O)O)ccc1Oc1cc(Cl)cc(Cl)c1. The highest BCUT2D eigenvalue weighted by Crippen LogP contribution is 2.31. The van der Waals surface area contributed by atoms with E-state index in [1.807, 2.05) is 0 Å². The second-order valence-electron chi connectivity index (χ2n) is 3.76. The van der Waals surface area contributed by atoms with Crippen LogP contribution in [0.1, 0.15) is 10.4 Å². The van der Waals surface area contributed by atoms with Gasteiger partial charge >= 0.3 is 5.97 Å². The number of carbonyl (C=O) groups is 1. The Hall–Kier alpha value is -1.91. The number of ether oxygens (including phenoxy) is 1. The standard InChI is InChI=1S/C13H9Cl2NO3/c14-8-4-9(15)6-10(5-8)19-12-2-1-7(13(17)18)3-11(12)16/h1-6H,16H2,(H,17,18). The van der Waals surface area contributed by atoms with Crippen molar-refractivity contribution in [2.75, 3.05) is 5.73 Å². The number of hydrogen-bond donors (Lipinski definition) is 2. The molecule has 0 spiro atoms. The molecule has 4 nitrogen and oxygen atoms in total. The lowest BCUT2D eigenvalue weighted by Gasteiger charge is -2.09. The van der Waals surface area contributed by atoms with E-state index in [4.69, 9.17) is 38.8 Å². The summed E-state index contributed by atoms with van der Waals surface area (Å²) in [6.07, 6.45) is 0. The first-order valence-corrected chi connectivity index (χ1v) is 5.98. The molecule has 0 atom stereocenters. The van der Waals surface area contributed by atoms with Gasteiger partial charge in [-0.3, -0.25) is 0 Å². The first-order valence-electron chi connectivity index (χ1n) is 5.22. The van der Waals surface area contributed by atoms with Crippen LogP contribution < -0.4 is 10.5 Å². The molecule has 2 aromatic carbocycles. The van der Waals surface area contributed by atoms with Gasteiger partial charge in [-0.05, 0) is 36.4 Å². The van der Waals surface area contributed by atoms with Crippen LogP contribution in [-0.2, 0) is 0 Å². The predicted molar refractivity (Wildman–Crippen MR) is 74.3 cm³/mol. The van der Waals surface area contributed by atoms with Crippen molar-refractivity contribution in [2.45, 2.75) is 0 Å². The van der Waals surface area contributed by atoms with Crippen molar-refractivity contribution in [3.63, 3.8) is 0 Å². The molecular weight excluding hydrogens is 289 g/mol. The summed E-state index contributed by atoms with van der Waals surface area (Å²) in [5, 5.41) is 9.70. The molecule has 19 heavy (non-hydrogen) atoms. The average Bonchev–Trinajstić information content (AvgIpc) is 2.30. The third-order valence-corrected chi connectivity index (χ3v) is 2.76. The third kappa shape index (κ3) is 3.30. The van der Waals surface area contributed by atoms with Crippen molar-refractivity contribution in [2.24, 2.45) is 0 Å². The molecule has 0 radical (unpaired) electrons. The van der Waals surface area contributed by atoms with Crippen molar-refractivity contribution >= 4 is 34.9 Å². The van der Waals surface area contributed by atoms with Gasteiger partial charge in [-0.25, -0.2) is 4.79 Å². The molecule has 0 aliphatic heterocycles. The number of aromatic carboxylic acids is 1. The zero-order chi connectivity index (χ0) is 14.0. The highest BCUT2D eigenvalue weighted by molar-refractivity contribution is 6.34. The van der Waals surface area contributed by atoms with Crippen molar-refractivity contribution in [1.29, 1.82) is 0 Å². The molecule has 0 saturated carbocycles. The maximum absolute atomic E-state index is 10.8. The summed E-state index contributed by atoms with van der Waals surface area (Å²) in [4.78, 5) is 10.8. The fourth-order valence-corrected chi connectivity index (χ4v) is 1.99. The number of anilines is 1.